The van der Waals surface area contributed by atoms with Gasteiger partial charge in [0.2, 0.25) is 0 Å². The fourth-order valence-corrected chi connectivity index (χ4v) is 0.963. The van der Waals surface area contributed by atoms with E-state index in [4.69, 9.17) is 9.47 Å². The minimum atomic E-state index is -1.42. The Balaban J connectivity index is 3.95. The maximum atomic E-state index is 9.42. The van der Waals surface area contributed by atoms with Crippen molar-refractivity contribution < 1.29 is 24.8 Å². The van der Waals surface area contributed by atoms with Crippen molar-refractivity contribution in [3.8, 4) is 0 Å². The summed E-state index contributed by atoms with van der Waals surface area (Å²) in [5, 5.41) is 28.0. The first-order valence-electron chi connectivity index (χ1n) is 4.34. The first-order valence-corrected chi connectivity index (χ1v) is 4.97. The van der Waals surface area contributed by atoms with Crippen LogP contribution in [-0.2, 0) is 9.47 Å². The highest BCUT2D eigenvalue weighted by Crippen LogP contribution is 2.08. The van der Waals surface area contributed by atoms with Gasteiger partial charge < -0.3 is 24.8 Å². The zero-order valence-corrected chi connectivity index (χ0v) is 9.22. The van der Waals surface area contributed by atoms with Crippen molar-refractivity contribution in [2.45, 2.75) is 31.5 Å². The summed E-state index contributed by atoms with van der Waals surface area (Å²) in [6, 6.07) is 0. The van der Waals surface area contributed by atoms with Gasteiger partial charge in [0.05, 0.1) is 12.7 Å². The molecule has 0 heterocycles. The van der Waals surface area contributed by atoms with Crippen molar-refractivity contribution >= 4 is 12.6 Å². The molecule has 0 amide bonds. The second kappa shape index (κ2) is 7.44. The molecule has 5 nitrogen and oxygen atoms in total. The maximum absolute atomic E-state index is 9.42. The molecule has 0 aromatic heterocycles. The highest BCUT2D eigenvalue weighted by molar-refractivity contribution is 7.80. The normalized spacial score (nSPS) is 20.1. The van der Waals surface area contributed by atoms with Crippen LogP contribution in [0.25, 0.3) is 0 Å². The van der Waals surface area contributed by atoms with Crippen LogP contribution in [0.4, 0.5) is 0 Å². The highest BCUT2D eigenvalue weighted by atomic mass is 32.1. The summed E-state index contributed by atoms with van der Waals surface area (Å²) >= 11 is 3.87. The van der Waals surface area contributed by atoms with Crippen molar-refractivity contribution in [1.82, 2.24) is 0 Å². The molecular formula is C8H18O5S. The number of hydrogen-bond acceptors (Lipinski definition) is 6. The number of ether oxygens (including phenoxy) is 2. The Kier molecular flexibility index (Phi) is 7.52. The molecule has 0 saturated carbocycles. The average molecular weight is 226 g/mol. The number of aliphatic hydroxyl groups is 3. The molecule has 0 aliphatic rings. The molecule has 6 heteroatoms. The standard InChI is InChI=1S/C8H18O5S/c1-5(12-2)6(9)7(10)8(11)13-3-4-14/h5-11,14H,3-4H2,1-2H3. The van der Waals surface area contributed by atoms with Gasteiger partial charge in [-0.3, -0.25) is 0 Å². The molecule has 14 heavy (non-hydrogen) atoms. The summed E-state index contributed by atoms with van der Waals surface area (Å²) in [4.78, 5) is 0. The average Bonchev–Trinajstić information content (AvgIpc) is 2.22. The SMILES string of the molecule is COC(C)C(O)C(O)C(O)OCCS. The lowest BCUT2D eigenvalue weighted by molar-refractivity contribution is -0.200. The lowest BCUT2D eigenvalue weighted by Gasteiger charge is -2.26. The fraction of sp³-hybridized carbons (Fsp3) is 1.00. The Morgan fingerprint density at radius 1 is 1.21 bits per heavy atom. The van der Waals surface area contributed by atoms with E-state index >= 15 is 0 Å². The second-order valence-electron chi connectivity index (χ2n) is 2.91. The third-order valence-electron chi connectivity index (χ3n) is 1.87. The predicted octanol–water partition coefficient (Wildman–Crippen LogP) is -0.992. The second-order valence-corrected chi connectivity index (χ2v) is 3.35. The lowest BCUT2D eigenvalue weighted by Crippen LogP contribution is -2.45. The van der Waals surface area contributed by atoms with Crippen molar-refractivity contribution in [1.29, 1.82) is 0 Å². The number of thiol groups is 1. The Morgan fingerprint density at radius 3 is 2.21 bits per heavy atom. The molecule has 3 N–H and O–H groups in total. The van der Waals surface area contributed by atoms with E-state index in [-0.39, 0.29) is 6.61 Å². The quantitative estimate of drug-likeness (QED) is 0.331. The van der Waals surface area contributed by atoms with Gasteiger partial charge in [-0.2, -0.15) is 12.6 Å². The van der Waals surface area contributed by atoms with E-state index in [1.807, 2.05) is 0 Å². The van der Waals surface area contributed by atoms with Crippen LogP contribution in [0.5, 0.6) is 0 Å². The summed E-state index contributed by atoms with van der Waals surface area (Å²) in [7, 11) is 1.40. The topological polar surface area (TPSA) is 79.2 Å². The van der Waals surface area contributed by atoms with E-state index < -0.39 is 24.6 Å². The summed E-state index contributed by atoms with van der Waals surface area (Å²) in [5.74, 6) is 0.430. The molecule has 0 rings (SSSR count). The van der Waals surface area contributed by atoms with E-state index in [0.717, 1.165) is 0 Å². The van der Waals surface area contributed by atoms with Crippen LogP contribution in [0, 0.1) is 0 Å². The van der Waals surface area contributed by atoms with Crippen LogP contribution >= 0.6 is 12.6 Å². The third-order valence-corrected chi connectivity index (χ3v) is 2.06. The maximum Gasteiger partial charge on any atom is 0.183 e. The van der Waals surface area contributed by atoms with Crippen LogP contribution in [0.3, 0.4) is 0 Å². The molecule has 4 atom stereocenters. The summed E-state index contributed by atoms with van der Waals surface area (Å²) in [6.45, 7) is 1.79. The third kappa shape index (κ3) is 4.59. The van der Waals surface area contributed by atoms with Gasteiger partial charge in [0.1, 0.15) is 12.2 Å². The van der Waals surface area contributed by atoms with Gasteiger partial charge in [0.25, 0.3) is 0 Å². The molecule has 0 aliphatic heterocycles. The van der Waals surface area contributed by atoms with Crippen LogP contribution < -0.4 is 0 Å². The van der Waals surface area contributed by atoms with Gasteiger partial charge in [0, 0.05) is 12.9 Å². The monoisotopic (exact) mass is 226 g/mol. The van der Waals surface area contributed by atoms with E-state index in [1.165, 1.54) is 7.11 Å². The van der Waals surface area contributed by atoms with Crippen molar-refractivity contribution in [2.24, 2.45) is 0 Å². The fourth-order valence-electron chi connectivity index (χ4n) is 0.858. The lowest BCUT2D eigenvalue weighted by atomic mass is 10.1. The van der Waals surface area contributed by atoms with Gasteiger partial charge in [-0.05, 0) is 6.92 Å². The van der Waals surface area contributed by atoms with Gasteiger partial charge >= 0.3 is 0 Å². The van der Waals surface area contributed by atoms with E-state index in [1.54, 1.807) is 6.92 Å². The highest BCUT2D eigenvalue weighted by Gasteiger charge is 2.29. The van der Waals surface area contributed by atoms with Gasteiger partial charge in [0.15, 0.2) is 6.29 Å². The molecule has 0 aliphatic carbocycles. The van der Waals surface area contributed by atoms with E-state index in [0.29, 0.717) is 5.75 Å². The smallest absolute Gasteiger partial charge is 0.183 e. The van der Waals surface area contributed by atoms with Crippen molar-refractivity contribution in [2.75, 3.05) is 19.5 Å². The predicted molar refractivity (Wildman–Crippen MR) is 54.3 cm³/mol. The molecular weight excluding hydrogens is 208 g/mol. The summed E-state index contributed by atoms with van der Waals surface area (Å²) in [5.41, 5.74) is 0. The number of methoxy groups -OCH3 is 1. The summed E-state index contributed by atoms with van der Waals surface area (Å²) < 4.78 is 9.58. The molecule has 0 spiro atoms. The van der Waals surface area contributed by atoms with Gasteiger partial charge in [-0.25, -0.2) is 0 Å². The molecule has 86 valence electrons. The van der Waals surface area contributed by atoms with Crippen molar-refractivity contribution in [3.63, 3.8) is 0 Å². The molecule has 0 saturated heterocycles. The van der Waals surface area contributed by atoms with E-state index in [9.17, 15) is 15.3 Å². The largest absolute Gasteiger partial charge is 0.388 e. The van der Waals surface area contributed by atoms with Crippen LogP contribution in [0.2, 0.25) is 0 Å². The molecule has 0 aromatic rings. The van der Waals surface area contributed by atoms with Crippen molar-refractivity contribution in [3.05, 3.63) is 0 Å². The van der Waals surface area contributed by atoms with Crippen LogP contribution in [0.1, 0.15) is 6.92 Å². The first kappa shape index (κ1) is 14.2. The van der Waals surface area contributed by atoms with Gasteiger partial charge in [-0.15, -0.1) is 0 Å². The van der Waals surface area contributed by atoms with Crippen LogP contribution in [-0.4, -0.2) is 59.4 Å². The molecule has 0 bridgehead atoms. The number of hydrogen-bond donors (Lipinski definition) is 4. The molecule has 0 fully saturated rings. The van der Waals surface area contributed by atoms with E-state index in [2.05, 4.69) is 12.6 Å². The Bertz CT molecular complexity index is 146. The minimum Gasteiger partial charge on any atom is -0.388 e. The minimum absolute atomic E-state index is 0.204. The summed E-state index contributed by atoms with van der Waals surface area (Å²) in [6.07, 6.45) is -4.56. The Hall–Kier alpha value is 0.150. The molecule has 0 radical (unpaired) electrons. The zero-order chi connectivity index (χ0) is 11.1. The first-order chi connectivity index (χ1) is 6.54. The number of aliphatic hydroxyl groups excluding tert-OH is 3. The Morgan fingerprint density at radius 2 is 1.79 bits per heavy atom. The van der Waals surface area contributed by atoms with Gasteiger partial charge in [-0.1, -0.05) is 0 Å². The zero-order valence-electron chi connectivity index (χ0n) is 8.33. The van der Waals surface area contributed by atoms with Crippen LogP contribution in [0.15, 0.2) is 0 Å². The number of rotatable bonds is 7. The molecule has 0 aromatic carbocycles. The Labute approximate surface area is 89.1 Å². The molecule has 4 unspecified atom stereocenters.